The van der Waals surface area contributed by atoms with Crippen molar-refractivity contribution in [1.82, 2.24) is 0 Å². The highest BCUT2D eigenvalue weighted by Gasteiger charge is 2.45. The Hall–Kier alpha value is -4.70. The van der Waals surface area contributed by atoms with Gasteiger partial charge >= 0.3 is 0 Å². The highest BCUT2D eigenvalue weighted by Crippen LogP contribution is 2.46. The third-order valence-electron chi connectivity index (χ3n) is 7.58. The van der Waals surface area contributed by atoms with Gasteiger partial charge in [-0.3, -0.25) is 4.90 Å². The third kappa shape index (κ3) is 2.90. The van der Waals surface area contributed by atoms with Gasteiger partial charge < -0.3 is 9.15 Å². The Morgan fingerprint density at radius 2 is 1.41 bits per heavy atom. The van der Waals surface area contributed by atoms with Crippen LogP contribution in [0.5, 0.6) is 11.5 Å². The van der Waals surface area contributed by atoms with E-state index >= 15 is 0 Å². The fraction of sp³-hybridized carbons (Fsp3) is 0.0303. The Morgan fingerprint density at radius 1 is 0.649 bits per heavy atom. The van der Waals surface area contributed by atoms with Crippen LogP contribution in [0.15, 0.2) is 120 Å². The molecule has 0 unspecified atom stereocenters. The molecule has 0 fully saturated rings. The van der Waals surface area contributed by atoms with Crippen LogP contribution in [0.1, 0.15) is 5.56 Å². The second-order valence-corrected chi connectivity index (χ2v) is 9.80. The summed E-state index contributed by atoms with van der Waals surface area (Å²) in [5.41, 5.74) is 10.1. The molecule has 2 aliphatic rings. The lowest BCUT2D eigenvalue weighted by Crippen LogP contribution is -2.59. The minimum absolute atomic E-state index is 0.0225. The Bertz CT molecular complexity index is 1840. The predicted octanol–water partition coefficient (Wildman–Crippen LogP) is 6.81. The molecule has 0 spiro atoms. The zero-order valence-electron chi connectivity index (χ0n) is 20.3. The average molecular weight is 475 g/mol. The molecule has 6 aromatic rings. The monoisotopic (exact) mass is 475 g/mol. The number of fused-ring (bicyclic) bond motifs is 6. The van der Waals surface area contributed by atoms with Gasteiger partial charge in [0.25, 0.3) is 6.71 Å². The first kappa shape index (κ1) is 20.5. The molecule has 4 heteroatoms. The third-order valence-corrected chi connectivity index (χ3v) is 7.58. The van der Waals surface area contributed by atoms with E-state index in [0.717, 1.165) is 50.9 Å². The van der Waals surface area contributed by atoms with Crippen molar-refractivity contribution in [3.05, 3.63) is 121 Å². The lowest BCUT2D eigenvalue weighted by Gasteiger charge is -2.38. The molecule has 0 amide bonds. The topological polar surface area (TPSA) is 25.6 Å². The van der Waals surface area contributed by atoms with Crippen LogP contribution in [0.25, 0.3) is 22.1 Å². The second kappa shape index (κ2) is 7.65. The smallest absolute Gasteiger partial charge is 0.261 e. The van der Waals surface area contributed by atoms with Crippen LogP contribution in [0.3, 0.4) is 0 Å². The van der Waals surface area contributed by atoms with Crippen molar-refractivity contribution in [1.29, 1.82) is 0 Å². The van der Waals surface area contributed by atoms with E-state index in [1.165, 1.54) is 22.0 Å². The Labute approximate surface area is 215 Å². The second-order valence-electron chi connectivity index (χ2n) is 9.80. The summed E-state index contributed by atoms with van der Waals surface area (Å²) in [6.07, 6.45) is 0. The van der Waals surface area contributed by atoms with Gasteiger partial charge in [-0.15, -0.1) is 0 Å². The number of hydrogen-bond donors (Lipinski definition) is 0. The summed E-state index contributed by atoms with van der Waals surface area (Å²) in [7, 11) is 0. The van der Waals surface area contributed by atoms with Crippen LogP contribution in [-0.2, 0) is 0 Å². The molecule has 0 radical (unpaired) electrons. The fourth-order valence-corrected chi connectivity index (χ4v) is 6.07. The maximum atomic E-state index is 6.74. The number of nitrogens with zero attached hydrogens (tertiary/aromatic N) is 1. The summed E-state index contributed by atoms with van der Waals surface area (Å²) in [6, 6.07) is 40.3. The van der Waals surface area contributed by atoms with E-state index in [9.17, 15) is 0 Å². The molecular formula is C33H22BNO2. The molecule has 0 N–H and O–H groups in total. The molecule has 0 bridgehead atoms. The predicted molar refractivity (Wildman–Crippen MR) is 152 cm³/mol. The molecule has 5 aromatic carbocycles. The molecule has 0 saturated heterocycles. The van der Waals surface area contributed by atoms with E-state index in [4.69, 9.17) is 9.15 Å². The number of furan rings is 1. The molecule has 1 aromatic heterocycles. The maximum Gasteiger partial charge on any atom is 0.261 e. The number of hydrogen-bond acceptors (Lipinski definition) is 3. The molecule has 0 atom stereocenters. The number of para-hydroxylation sites is 3. The standard InChI is InChI=1S/C33H22BNO2/c1-21-19-27-32-30(20-21)36-29-18-10-7-15-25(29)34(32)31-24-14-6-9-17-28(24)37-33(31)35(27)26-16-8-5-13-23(26)22-11-3-2-4-12-22/h2-20H,1H3. The molecule has 8 rings (SSSR count). The number of aryl methyl sites for hydroxylation is 1. The normalized spacial score (nSPS) is 13.1. The quantitative estimate of drug-likeness (QED) is 0.257. The van der Waals surface area contributed by atoms with Crippen LogP contribution in [0, 0.1) is 6.92 Å². The number of rotatable bonds is 2. The Balaban J connectivity index is 1.50. The number of anilines is 3. The van der Waals surface area contributed by atoms with Gasteiger partial charge in [0.1, 0.15) is 17.1 Å². The van der Waals surface area contributed by atoms with Crippen molar-refractivity contribution in [2.45, 2.75) is 6.92 Å². The first-order chi connectivity index (χ1) is 18.3. The summed E-state index contributed by atoms with van der Waals surface area (Å²) in [5, 5.41) is 1.14. The number of benzene rings is 5. The lowest BCUT2D eigenvalue weighted by atomic mass is 9.34. The van der Waals surface area contributed by atoms with Gasteiger partial charge in [0.05, 0.1) is 5.69 Å². The summed E-state index contributed by atoms with van der Waals surface area (Å²) in [5.74, 6) is 2.69. The van der Waals surface area contributed by atoms with Crippen molar-refractivity contribution < 1.29 is 9.15 Å². The van der Waals surface area contributed by atoms with E-state index in [1.807, 2.05) is 12.1 Å². The van der Waals surface area contributed by atoms with Crippen molar-refractivity contribution in [2.75, 3.05) is 4.90 Å². The zero-order valence-corrected chi connectivity index (χ0v) is 20.3. The summed E-state index contributed by atoms with van der Waals surface area (Å²) < 4.78 is 13.3. The minimum atomic E-state index is 0.0225. The SMILES string of the molecule is Cc1cc2c3c(c1)N(c1ccccc1-c1ccccc1)c1oc4ccccc4c1B3c1ccccc1O2. The molecule has 0 saturated carbocycles. The van der Waals surface area contributed by atoms with Gasteiger partial charge in [-0.05, 0) is 59.3 Å². The van der Waals surface area contributed by atoms with E-state index in [0.29, 0.717) is 0 Å². The lowest BCUT2D eigenvalue weighted by molar-refractivity contribution is 0.487. The van der Waals surface area contributed by atoms with Crippen LogP contribution < -0.4 is 26.0 Å². The summed E-state index contributed by atoms with van der Waals surface area (Å²) in [6.45, 7) is 2.15. The highest BCUT2D eigenvalue weighted by molar-refractivity contribution is 7.00. The highest BCUT2D eigenvalue weighted by atomic mass is 16.5. The zero-order chi connectivity index (χ0) is 24.5. The molecule has 3 heterocycles. The van der Waals surface area contributed by atoms with Crippen LogP contribution >= 0.6 is 0 Å². The van der Waals surface area contributed by atoms with Crippen LogP contribution in [-0.4, -0.2) is 6.71 Å². The molecule has 2 aliphatic heterocycles. The molecule has 174 valence electrons. The first-order valence-corrected chi connectivity index (χ1v) is 12.7. The van der Waals surface area contributed by atoms with E-state index in [1.54, 1.807) is 0 Å². The largest absolute Gasteiger partial charge is 0.458 e. The van der Waals surface area contributed by atoms with Gasteiger partial charge in [-0.25, -0.2) is 0 Å². The molecule has 0 aliphatic carbocycles. The Morgan fingerprint density at radius 3 is 2.32 bits per heavy atom. The van der Waals surface area contributed by atoms with Crippen LogP contribution in [0.2, 0.25) is 0 Å². The van der Waals surface area contributed by atoms with Crippen molar-refractivity contribution in [2.24, 2.45) is 0 Å². The van der Waals surface area contributed by atoms with Gasteiger partial charge in [0.15, 0.2) is 0 Å². The van der Waals surface area contributed by atoms with Crippen molar-refractivity contribution in [3.63, 3.8) is 0 Å². The van der Waals surface area contributed by atoms with E-state index in [-0.39, 0.29) is 6.71 Å². The van der Waals surface area contributed by atoms with Gasteiger partial charge in [-0.2, -0.15) is 0 Å². The van der Waals surface area contributed by atoms with E-state index < -0.39 is 0 Å². The molecule has 3 nitrogen and oxygen atoms in total. The van der Waals surface area contributed by atoms with Crippen molar-refractivity contribution >= 4 is 51.3 Å². The molecule has 37 heavy (non-hydrogen) atoms. The number of ether oxygens (including phenoxy) is 1. The van der Waals surface area contributed by atoms with Crippen molar-refractivity contribution in [3.8, 4) is 22.6 Å². The van der Waals surface area contributed by atoms with Gasteiger partial charge in [-0.1, -0.05) is 84.9 Å². The summed E-state index contributed by atoms with van der Waals surface area (Å²) >= 11 is 0. The van der Waals surface area contributed by atoms with Gasteiger partial charge in [0.2, 0.25) is 5.88 Å². The fourth-order valence-electron chi connectivity index (χ4n) is 6.07. The average Bonchev–Trinajstić information content (AvgIpc) is 3.32. The maximum absolute atomic E-state index is 6.74. The van der Waals surface area contributed by atoms with Crippen LogP contribution in [0.4, 0.5) is 17.3 Å². The van der Waals surface area contributed by atoms with E-state index in [2.05, 4.69) is 115 Å². The minimum Gasteiger partial charge on any atom is -0.458 e. The first-order valence-electron chi connectivity index (χ1n) is 12.7. The van der Waals surface area contributed by atoms with Gasteiger partial charge in [0, 0.05) is 22.1 Å². The summed E-state index contributed by atoms with van der Waals surface area (Å²) in [4.78, 5) is 2.30. The Kier molecular flexibility index (Phi) is 4.24. The molecular weight excluding hydrogens is 453 g/mol.